The Morgan fingerprint density at radius 3 is 2.58 bits per heavy atom. The summed E-state index contributed by atoms with van der Waals surface area (Å²) in [5.41, 5.74) is 0.847. The van der Waals surface area contributed by atoms with Crippen molar-refractivity contribution in [3.8, 4) is 0 Å². The Morgan fingerprint density at radius 2 is 2.04 bits per heavy atom. The lowest BCUT2D eigenvalue weighted by molar-refractivity contribution is -0.120. The number of hydroxylamine groups is 2. The molecule has 0 unspecified atom stereocenters. The molecule has 1 aliphatic rings. The van der Waals surface area contributed by atoms with Gasteiger partial charge in [0, 0.05) is 12.6 Å². The lowest BCUT2D eigenvalue weighted by Crippen LogP contribution is -2.57. The first kappa shape index (κ1) is 19.0. The molecule has 0 saturated carbocycles. The minimum absolute atomic E-state index is 0.0955. The number of nitrogens with zero attached hydrogens (tertiary/aromatic N) is 2. The fraction of sp³-hybridized carbons (Fsp3) is 0.500. The van der Waals surface area contributed by atoms with Gasteiger partial charge >= 0.3 is 6.03 Å². The van der Waals surface area contributed by atoms with Crippen LogP contribution in [0.4, 0.5) is 9.18 Å². The highest BCUT2D eigenvalue weighted by molar-refractivity contribution is 8.24. The van der Waals surface area contributed by atoms with Gasteiger partial charge in [-0.2, -0.15) is 5.06 Å². The first-order valence-electron chi connectivity index (χ1n) is 7.64. The summed E-state index contributed by atoms with van der Waals surface area (Å²) in [4.78, 5) is 14.0. The molecule has 1 aliphatic heterocycles. The minimum Gasteiger partial charge on any atom is -0.334 e. The highest BCUT2D eigenvalue weighted by Crippen LogP contribution is 2.43. The van der Waals surface area contributed by atoms with Gasteiger partial charge in [-0.15, -0.1) is 0 Å². The SMILES string of the molecule is CC(C)NC(=O)N(O)[C@H]1N(Cc2ccc(F)cc2)C(=S)SC1(C)C. The van der Waals surface area contributed by atoms with Gasteiger partial charge in [0.1, 0.15) is 16.3 Å². The second-order valence-corrected chi connectivity index (χ2v) is 8.84. The van der Waals surface area contributed by atoms with E-state index in [0.717, 1.165) is 5.56 Å². The Morgan fingerprint density at radius 1 is 1.46 bits per heavy atom. The summed E-state index contributed by atoms with van der Waals surface area (Å²) in [5.74, 6) is -0.311. The molecule has 132 valence electrons. The fourth-order valence-electron chi connectivity index (χ4n) is 2.60. The van der Waals surface area contributed by atoms with Crippen molar-refractivity contribution in [1.82, 2.24) is 15.3 Å². The fourth-order valence-corrected chi connectivity index (χ4v) is 4.47. The molecule has 0 spiro atoms. The van der Waals surface area contributed by atoms with E-state index in [4.69, 9.17) is 12.2 Å². The molecule has 0 aromatic heterocycles. The number of hydrogen-bond donors (Lipinski definition) is 2. The van der Waals surface area contributed by atoms with Gasteiger partial charge in [-0.1, -0.05) is 36.1 Å². The Labute approximate surface area is 151 Å². The third kappa shape index (κ3) is 4.17. The van der Waals surface area contributed by atoms with Crippen LogP contribution in [0.2, 0.25) is 0 Å². The van der Waals surface area contributed by atoms with Crippen LogP contribution in [0.15, 0.2) is 24.3 Å². The largest absolute Gasteiger partial charge is 0.343 e. The number of carbonyl (C=O) groups is 1. The summed E-state index contributed by atoms with van der Waals surface area (Å²) in [6, 6.07) is 5.43. The average molecular weight is 372 g/mol. The maximum absolute atomic E-state index is 13.1. The van der Waals surface area contributed by atoms with Crippen LogP contribution in [0.3, 0.4) is 0 Å². The summed E-state index contributed by atoms with van der Waals surface area (Å²) in [5, 5.41) is 13.8. The molecular formula is C16H22FN3O2S2. The molecule has 2 N–H and O–H groups in total. The predicted molar refractivity (Wildman–Crippen MR) is 97.3 cm³/mol. The second-order valence-electron chi connectivity index (χ2n) is 6.55. The van der Waals surface area contributed by atoms with E-state index in [-0.39, 0.29) is 11.9 Å². The highest BCUT2D eigenvalue weighted by atomic mass is 32.2. The molecular weight excluding hydrogens is 349 g/mol. The van der Waals surface area contributed by atoms with Gasteiger partial charge in [-0.25, -0.2) is 9.18 Å². The smallest absolute Gasteiger partial charge is 0.334 e. The maximum Gasteiger partial charge on any atom is 0.343 e. The van der Waals surface area contributed by atoms with Crippen LogP contribution in [0.1, 0.15) is 33.3 Å². The molecule has 1 saturated heterocycles. The molecule has 1 fully saturated rings. The lowest BCUT2D eigenvalue weighted by Gasteiger charge is -2.37. The number of thioether (sulfide) groups is 1. The second kappa shape index (κ2) is 7.25. The van der Waals surface area contributed by atoms with Gasteiger partial charge in [-0.05, 0) is 45.4 Å². The number of rotatable bonds is 4. The highest BCUT2D eigenvalue weighted by Gasteiger charge is 2.49. The van der Waals surface area contributed by atoms with Crippen molar-refractivity contribution in [2.24, 2.45) is 0 Å². The van der Waals surface area contributed by atoms with Gasteiger partial charge in [0.05, 0.1) is 4.75 Å². The van der Waals surface area contributed by atoms with Crippen molar-refractivity contribution in [3.63, 3.8) is 0 Å². The van der Waals surface area contributed by atoms with Crippen LogP contribution in [0.5, 0.6) is 0 Å². The summed E-state index contributed by atoms with van der Waals surface area (Å²) < 4.78 is 13.2. The average Bonchev–Trinajstić information content (AvgIpc) is 2.68. The van der Waals surface area contributed by atoms with Crippen LogP contribution >= 0.6 is 24.0 Å². The van der Waals surface area contributed by atoms with Crippen LogP contribution in [-0.2, 0) is 6.54 Å². The van der Waals surface area contributed by atoms with Crippen molar-refractivity contribution in [3.05, 3.63) is 35.6 Å². The standard InChI is InChI=1S/C16H22FN3O2S2/c1-10(2)18-14(21)20(22)13-16(3,4)24-15(23)19(13)9-11-5-7-12(17)8-6-11/h5-8,10,13,22H,9H2,1-4H3,(H,18,21)/t13-/m1/s1. The van der Waals surface area contributed by atoms with Crippen molar-refractivity contribution >= 4 is 34.3 Å². The van der Waals surface area contributed by atoms with E-state index in [2.05, 4.69) is 5.32 Å². The topological polar surface area (TPSA) is 55.8 Å². The Kier molecular flexibility index (Phi) is 5.72. The summed E-state index contributed by atoms with van der Waals surface area (Å²) in [6.07, 6.45) is -0.626. The molecule has 1 aromatic rings. The predicted octanol–water partition coefficient (Wildman–Crippen LogP) is 3.57. The molecule has 1 aromatic carbocycles. The van der Waals surface area contributed by atoms with E-state index >= 15 is 0 Å². The molecule has 1 atom stereocenters. The first-order chi connectivity index (χ1) is 11.1. The number of carbonyl (C=O) groups excluding carboxylic acids is 1. The number of thiocarbonyl (C=S) groups is 1. The molecule has 8 heteroatoms. The zero-order valence-corrected chi connectivity index (χ0v) is 15.7. The van der Waals surface area contributed by atoms with E-state index in [1.165, 1.54) is 23.9 Å². The molecule has 0 aliphatic carbocycles. The van der Waals surface area contributed by atoms with E-state index in [1.807, 2.05) is 27.7 Å². The van der Waals surface area contributed by atoms with Crippen LogP contribution < -0.4 is 5.32 Å². The number of benzene rings is 1. The molecule has 1 heterocycles. The zero-order valence-electron chi connectivity index (χ0n) is 14.1. The van der Waals surface area contributed by atoms with E-state index in [1.54, 1.807) is 17.0 Å². The summed E-state index contributed by atoms with van der Waals surface area (Å²) in [6.45, 7) is 7.87. The Hall–Kier alpha value is -1.38. The molecule has 24 heavy (non-hydrogen) atoms. The molecule has 0 bridgehead atoms. The molecule has 5 nitrogen and oxygen atoms in total. The zero-order chi connectivity index (χ0) is 18.1. The van der Waals surface area contributed by atoms with Gasteiger partial charge in [-0.3, -0.25) is 5.21 Å². The van der Waals surface area contributed by atoms with Gasteiger partial charge in [0.2, 0.25) is 0 Å². The number of halogens is 1. The van der Waals surface area contributed by atoms with Gasteiger partial charge < -0.3 is 10.2 Å². The van der Waals surface area contributed by atoms with Crippen molar-refractivity contribution in [2.45, 2.75) is 51.2 Å². The number of nitrogens with one attached hydrogen (secondary N) is 1. The van der Waals surface area contributed by atoms with Crippen LogP contribution in [-0.4, -0.2) is 42.5 Å². The van der Waals surface area contributed by atoms with Gasteiger partial charge in [0.15, 0.2) is 0 Å². The molecule has 2 amide bonds. The maximum atomic E-state index is 13.1. The lowest BCUT2D eigenvalue weighted by atomic mass is 10.1. The Balaban J connectivity index is 2.24. The summed E-state index contributed by atoms with van der Waals surface area (Å²) >= 11 is 6.86. The van der Waals surface area contributed by atoms with Crippen molar-refractivity contribution < 1.29 is 14.4 Å². The first-order valence-corrected chi connectivity index (χ1v) is 8.87. The van der Waals surface area contributed by atoms with Crippen LogP contribution in [0, 0.1) is 5.82 Å². The quantitative estimate of drug-likeness (QED) is 0.481. The Bertz CT molecular complexity index is 622. The van der Waals surface area contributed by atoms with Crippen molar-refractivity contribution in [2.75, 3.05) is 0 Å². The number of amides is 2. The molecule has 2 rings (SSSR count). The number of urea groups is 1. The van der Waals surface area contributed by atoms with Gasteiger partial charge in [0.25, 0.3) is 0 Å². The number of hydrogen-bond acceptors (Lipinski definition) is 4. The van der Waals surface area contributed by atoms with E-state index < -0.39 is 16.9 Å². The monoisotopic (exact) mass is 371 g/mol. The van der Waals surface area contributed by atoms with E-state index in [0.29, 0.717) is 15.9 Å². The van der Waals surface area contributed by atoms with E-state index in [9.17, 15) is 14.4 Å². The third-order valence-electron chi connectivity index (χ3n) is 3.62. The van der Waals surface area contributed by atoms with Crippen molar-refractivity contribution in [1.29, 1.82) is 0 Å². The normalized spacial score (nSPS) is 19.7. The molecule has 0 radical (unpaired) electrons. The third-order valence-corrected chi connectivity index (χ3v) is 5.25. The van der Waals surface area contributed by atoms with Crippen LogP contribution in [0.25, 0.3) is 0 Å². The minimum atomic E-state index is -0.626. The summed E-state index contributed by atoms with van der Waals surface area (Å²) in [7, 11) is 0.